The van der Waals surface area contributed by atoms with Crippen molar-refractivity contribution in [2.24, 2.45) is 34.0 Å². The second kappa shape index (κ2) is 10.2. The van der Waals surface area contributed by atoms with Crippen molar-refractivity contribution in [1.29, 1.82) is 0 Å². The molecular weight excluding hydrogens is 315 g/mol. The van der Waals surface area contributed by atoms with Crippen LogP contribution in [0.15, 0.2) is 0 Å². The molecule has 0 aromatic carbocycles. The predicted molar refractivity (Wildman–Crippen MR) is 120 cm³/mol. The molecule has 0 aliphatic carbocycles. The molecule has 0 saturated heterocycles. The Balaban J connectivity index is 5.45. The summed E-state index contributed by atoms with van der Waals surface area (Å²) in [7, 11) is 0. The molecule has 0 bridgehead atoms. The van der Waals surface area contributed by atoms with Crippen LogP contribution in [0.1, 0.15) is 102 Å². The summed E-state index contributed by atoms with van der Waals surface area (Å²) < 4.78 is 0. The molecule has 25 heavy (non-hydrogen) atoms. The van der Waals surface area contributed by atoms with Crippen LogP contribution in [0.25, 0.3) is 0 Å². The van der Waals surface area contributed by atoms with Gasteiger partial charge in [0.1, 0.15) is 0 Å². The SMILES string of the molecule is CCC(C)C(C)(C)[CH2][Al]([CH2]C(C)(C)C(C)CC)[CH2]C(C)(C)C(C)CC. The average Bonchev–Trinajstić information content (AvgIpc) is 2.50. The van der Waals surface area contributed by atoms with Gasteiger partial charge in [0.2, 0.25) is 0 Å². The van der Waals surface area contributed by atoms with Crippen molar-refractivity contribution in [2.75, 3.05) is 0 Å². The highest BCUT2D eigenvalue weighted by molar-refractivity contribution is 6.59. The van der Waals surface area contributed by atoms with Crippen molar-refractivity contribution >= 4 is 14.1 Å². The molecule has 0 heterocycles. The minimum atomic E-state index is -0.819. The first kappa shape index (κ1) is 25.5. The van der Waals surface area contributed by atoms with Crippen LogP contribution in [-0.2, 0) is 0 Å². The number of hydrogen-bond acceptors (Lipinski definition) is 0. The van der Waals surface area contributed by atoms with Gasteiger partial charge in [-0.05, 0) is 34.0 Å². The van der Waals surface area contributed by atoms with E-state index < -0.39 is 14.1 Å². The second-order valence-electron chi connectivity index (χ2n) is 11.4. The van der Waals surface area contributed by atoms with Crippen LogP contribution in [-0.4, -0.2) is 14.1 Å². The van der Waals surface area contributed by atoms with Crippen LogP contribution in [0.3, 0.4) is 0 Å². The van der Waals surface area contributed by atoms with Gasteiger partial charge in [-0.25, -0.2) is 0 Å². The van der Waals surface area contributed by atoms with Crippen molar-refractivity contribution in [3.05, 3.63) is 0 Å². The zero-order valence-corrected chi connectivity index (χ0v) is 21.2. The zero-order chi connectivity index (χ0) is 20.1. The molecule has 0 saturated carbocycles. The van der Waals surface area contributed by atoms with E-state index in [0.717, 1.165) is 17.8 Å². The first-order chi connectivity index (χ1) is 11.2. The van der Waals surface area contributed by atoms with E-state index in [4.69, 9.17) is 0 Å². The van der Waals surface area contributed by atoms with Crippen LogP contribution in [0.5, 0.6) is 0 Å². The van der Waals surface area contributed by atoms with Gasteiger partial charge >= 0.3 is 0 Å². The minimum absolute atomic E-state index is 0.503. The van der Waals surface area contributed by atoms with E-state index in [1.807, 2.05) is 0 Å². The fraction of sp³-hybridized carbons (Fsp3) is 1.00. The first-order valence-electron chi connectivity index (χ1n) is 11.2. The van der Waals surface area contributed by atoms with Crippen molar-refractivity contribution < 1.29 is 0 Å². The van der Waals surface area contributed by atoms with E-state index in [9.17, 15) is 0 Å². The Bertz CT molecular complexity index is 309. The third kappa shape index (κ3) is 7.97. The Morgan fingerprint density at radius 2 is 0.720 bits per heavy atom. The Kier molecular flexibility index (Phi) is 10.4. The third-order valence-corrected chi connectivity index (χ3v) is 13.2. The summed E-state index contributed by atoms with van der Waals surface area (Å²) >= 11 is -0.819. The fourth-order valence-corrected chi connectivity index (χ4v) is 10.8. The summed E-state index contributed by atoms with van der Waals surface area (Å²) in [5.41, 5.74) is 1.51. The molecular formula is C24H51Al. The lowest BCUT2D eigenvalue weighted by molar-refractivity contribution is 0.225. The molecule has 0 aromatic rings. The van der Waals surface area contributed by atoms with Gasteiger partial charge in [-0.1, -0.05) is 118 Å². The molecule has 0 aromatic heterocycles. The molecule has 3 atom stereocenters. The first-order valence-corrected chi connectivity index (χ1v) is 13.7. The molecule has 1 heteroatoms. The minimum Gasteiger partial charge on any atom is -0.0884 e. The van der Waals surface area contributed by atoms with Gasteiger partial charge in [0, 0.05) is 0 Å². The Labute approximate surface area is 166 Å². The lowest BCUT2D eigenvalue weighted by atomic mass is 9.79. The van der Waals surface area contributed by atoms with Crippen molar-refractivity contribution in [2.45, 2.75) is 118 Å². The van der Waals surface area contributed by atoms with E-state index in [2.05, 4.69) is 83.1 Å². The quantitative estimate of drug-likeness (QED) is 0.303. The normalized spacial score (nSPS) is 17.3. The molecule has 0 N–H and O–H groups in total. The summed E-state index contributed by atoms with van der Waals surface area (Å²) in [4.78, 5) is 0. The van der Waals surface area contributed by atoms with Gasteiger partial charge in [0.05, 0.1) is 0 Å². The monoisotopic (exact) mass is 366 g/mol. The molecule has 0 amide bonds. The van der Waals surface area contributed by atoms with E-state index in [1.54, 1.807) is 0 Å². The molecule has 3 unspecified atom stereocenters. The molecule has 0 aliphatic heterocycles. The van der Waals surface area contributed by atoms with Crippen LogP contribution < -0.4 is 0 Å². The van der Waals surface area contributed by atoms with E-state index in [0.29, 0.717) is 16.2 Å². The van der Waals surface area contributed by atoms with Gasteiger partial charge in [-0.3, -0.25) is 0 Å². The molecule has 0 spiro atoms. The third-order valence-electron chi connectivity index (χ3n) is 8.28. The molecule has 0 rings (SSSR count). The summed E-state index contributed by atoms with van der Waals surface area (Å²) in [5.74, 6) is 2.50. The van der Waals surface area contributed by atoms with Crippen LogP contribution >= 0.6 is 0 Å². The van der Waals surface area contributed by atoms with Gasteiger partial charge in [0.15, 0.2) is 0 Å². The van der Waals surface area contributed by atoms with E-state index in [-0.39, 0.29) is 0 Å². The smallest absolute Gasteiger partial charge is 0.0884 e. The van der Waals surface area contributed by atoms with E-state index in [1.165, 1.54) is 35.1 Å². The highest BCUT2D eigenvalue weighted by Crippen LogP contribution is 2.45. The Hall–Kier alpha value is 0.532. The standard InChI is InChI=1S/3C8H17.Al/c3*1-6-7(2)8(3,4)5;/h3*7H,3,6H2,1-2,4-5H3;. The van der Waals surface area contributed by atoms with Crippen LogP contribution in [0, 0.1) is 34.0 Å². The van der Waals surface area contributed by atoms with Crippen molar-refractivity contribution in [1.82, 2.24) is 0 Å². The fourth-order valence-electron chi connectivity index (χ4n) is 4.71. The summed E-state index contributed by atoms with van der Waals surface area (Å²) in [6, 6.07) is 0. The Morgan fingerprint density at radius 3 is 0.880 bits per heavy atom. The largest absolute Gasteiger partial charge is 0.263 e. The Morgan fingerprint density at radius 1 is 0.520 bits per heavy atom. The zero-order valence-electron chi connectivity index (χ0n) is 20.1. The average molecular weight is 367 g/mol. The van der Waals surface area contributed by atoms with Crippen LogP contribution in [0.4, 0.5) is 0 Å². The van der Waals surface area contributed by atoms with Crippen molar-refractivity contribution in [3.63, 3.8) is 0 Å². The summed E-state index contributed by atoms with van der Waals surface area (Å²) in [6.07, 6.45) is 3.95. The predicted octanol–water partition coefficient (Wildman–Crippen LogP) is 8.70. The number of hydrogen-bond donors (Lipinski definition) is 0. The van der Waals surface area contributed by atoms with Gasteiger partial charge in [-0.15, -0.1) is 0 Å². The molecule has 0 aliphatic rings. The topological polar surface area (TPSA) is 0 Å². The summed E-state index contributed by atoms with van der Waals surface area (Å²) in [5, 5.41) is 4.55. The van der Waals surface area contributed by atoms with Gasteiger partial charge in [0.25, 0.3) is 14.1 Å². The maximum Gasteiger partial charge on any atom is 0.263 e. The maximum atomic E-state index is 2.55. The lowest BCUT2D eigenvalue weighted by Gasteiger charge is -2.42. The van der Waals surface area contributed by atoms with Crippen LogP contribution in [0.2, 0.25) is 15.8 Å². The highest BCUT2D eigenvalue weighted by Gasteiger charge is 2.40. The molecule has 0 fully saturated rings. The molecule has 150 valence electrons. The molecule has 0 nitrogen and oxygen atoms in total. The maximum absolute atomic E-state index is 2.55. The number of rotatable bonds is 12. The second-order valence-corrected chi connectivity index (χ2v) is 14.3. The van der Waals surface area contributed by atoms with Gasteiger partial charge in [-0.2, -0.15) is 0 Å². The van der Waals surface area contributed by atoms with Gasteiger partial charge < -0.3 is 0 Å². The summed E-state index contributed by atoms with van der Waals surface area (Å²) in [6.45, 7) is 29.8. The molecule has 0 radical (unpaired) electrons. The van der Waals surface area contributed by atoms with E-state index >= 15 is 0 Å². The highest BCUT2D eigenvalue weighted by atomic mass is 27.2. The van der Waals surface area contributed by atoms with Crippen molar-refractivity contribution in [3.8, 4) is 0 Å². The lowest BCUT2D eigenvalue weighted by Crippen LogP contribution is -2.37.